The van der Waals surface area contributed by atoms with E-state index in [-0.39, 0.29) is 0 Å². The molecule has 0 bridgehead atoms. The summed E-state index contributed by atoms with van der Waals surface area (Å²) in [5.41, 5.74) is 2.24. The average molecular weight is 210 g/mol. The van der Waals surface area contributed by atoms with E-state index in [0.29, 0.717) is 0 Å². The van der Waals surface area contributed by atoms with Gasteiger partial charge in [0.2, 0.25) is 0 Å². The molecule has 0 fully saturated rings. The Morgan fingerprint density at radius 3 is 2.46 bits per heavy atom. The van der Waals surface area contributed by atoms with Gasteiger partial charge in [-0.25, -0.2) is 0 Å². The molecule has 0 N–H and O–H groups in total. The number of benzene rings is 1. The fourth-order valence-corrected chi connectivity index (χ4v) is 2.00. The first-order valence-electron chi connectivity index (χ1n) is 3.95. The molecule has 13 heavy (non-hydrogen) atoms. The molecule has 0 radical (unpaired) electrons. The number of rotatable bonds is 1. The predicted octanol–water partition coefficient (Wildman–Crippen LogP) is 3.77. The van der Waals surface area contributed by atoms with Gasteiger partial charge in [0, 0.05) is 5.02 Å². The minimum Gasteiger partial charge on any atom is -0.197 e. The lowest BCUT2D eigenvalue weighted by Crippen LogP contribution is -1.70. The maximum Gasteiger partial charge on any atom is 0.0552 e. The van der Waals surface area contributed by atoms with Crippen LogP contribution in [0.4, 0.5) is 0 Å². The minimum atomic E-state index is 0.769. The van der Waals surface area contributed by atoms with Crippen LogP contribution in [0, 0.1) is 6.92 Å². The van der Waals surface area contributed by atoms with Crippen LogP contribution in [0.25, 0.3) is 10.4 Å². The third-order valence-electron chi connectivity index (χ3n) is 1.76. The van der Waals surface area contributed by atoms with E-state index in [1.807, 2.05) is 31.2 Å². The van der Waals surface area contributed by atoms with Crippen LogP contribution in [-0.4, -0.2) is 4.37 Å². The molecule has 66 valence electrons. The van der Waals surface area contributed by atoms with E-state index in [4.69, 9.17) is 11.6 Å². The highest BCUT2D eigenvalue weighted by Crippen LogP contribution is 2.25. The third kappa shape index (κ3) is 1.90. The molecule has 0 spiro atoms. The van der Waals surface area contributed by atoms with Gasteiger partial charge < -0.3 is 0 Å². The Bertz CT molecular complexity index is 405. The average Bonchev–Trinajstić information content (AvgIpc) is 2.53. The van der Waals surface area contributed by atoms with Crippen LogP contribution in [0.5, 0.6) is 0 Å². The fraction of sp³-hybridized carbons (Fsp3) is 0.100. The molecule has 2 aromatic rings. The van der Waals surface area contributed by atoms with Crippen molar-refractivity contribution in [3.63, 3.8) is 0 Å². The summed E-state index contributed by atoms with van der Waals surface area (Å²) in [6.07, 6.45) is 0. The van der Waals surface area contributed by atoms with Gasteiger partial charge in [-0.3, -0.25) is 0 Å². The molecule has 1 nitrogen and oxygen atoms in total. The van der Waals surface area contributed by atoms with Crippen LogP contribution in [0.2, 0.25) is 5.02 Å². The highest BCUT2D eigenvalue weighted by Gasteiger charge is 2.00. The van der Waals surface area contributed by atoms with Crippen LogP contribution in [-0.2, 0) is 0 Å². The standard InChI is InChI=1S/C10H8ClNS/c1-7-6-10(13-12-7)8-2-4-9(11)5-3-8/h2-6H,1H3. The smallest absolute Gasteiger partial charge is 0.0552 e. The molecule has 1 aromatic heterocycles. The first kappa shape index (κ1) is 8.73. The van der Waals surface area contributed by atoms with Gasteiger partial charge >= 0.3 is 0 Å². The van der Waals surface area contributed by atoms with Crippen LogP contribution in [0.3, 0.4) is 0 Å². The third-order valence-corrected chi connectivity index (χ3v) is 2.94. The molecule has 0 saturated heterocycles. The van der Waals surface area contributed by atoms with Crippen LogP contribution in [0.1, 0.15) is 5.69 Å². The zero-order valence-electron chi connectivity index (χ0n) is 7.12. The van der Waals surface area contributed by atoms with Gasteiger partial charge in [-0.05, 0) is 42.2 Å². The number of aromatic nitrogens is 1. The number of hydrogen-bond acceptors (Lipinski definition) is 2. The summed E-state index contributed by atoms with van der Waals surface area (Å²) >= 11 is 7.31. The topological polar surface area (TPSA) is 12.9 Å². The van der Waals surface area contributed by atoms with Gasteiger partial charge in [-0.2, -0.15) is 4.37 Å². The van der Waals surface area contributed by atoms with Crippen LogP contribution < -0.4 is 0 Å². The second-order valence-electron chi connectivity index (χ2n) is 2.84. The highest BCUT2D eigenvalue weighted by molar-refractivity contribution is 7.09. The summed E-state index contributed by atoms with van der Waals surface area (Å²) in [6.45, 7) is 2.00. The van der Waals surface area contributed by atoms with Crippen molar-refractivity contribution < 1.29 is 0 Å². The Kier molecular flexibility index (Phi) is 2.34. The Balaban J connectivity index is 2.41. The van der Waals surface area contributed by atoms with Crippen LogP contribution >= 0.6 is 23.1 Å². The minimum absolute atomic E-state index is 0.769. The maximum atomic E-state index is 5.79. The summed E-state index contributed by atoms with van der Waals surface area (Å²) in [7, 11) is 0. The fourth-order valence-electron chi connectivity index (χ4n) is 1.11. The lowest BCUT2D eigenvalue weighted by Gasteiger charge is -1.94. The van der Waals surface area contributed by atoms with Crippen molar-refractivity contribution in [3.05, 3.63) is 41.0 Å². The second kappa shape index (κ2) is 3.48. The van der Waals surface area contributed by atoms with E-state index in [1.54, 1.807) is 0 Å². The van der Waals surface area contributed by atoms with Gasteiger partial charge in [-0.15, -0.1) is 0 Å². The molecular weight excluding hydrogens is 202 g/mol. The largest absolute Gasteiger partial charge is 0.197 e. The van der Waals surface area contributed by atoms with E-state index in [9.17, 15) is 0 Å². The van der Waals surface area contributed by atoms with Crippen molar-refractivity contribution in [2.45, 2.75) is 6.92 Å². The van der Waals surface area contributed by atoms with Crippen LogP contribution in [0.15, 0.2) is 30.3 Å². The van der Waals surface area contributed by atoms with Crippen molar-refractivity contribution in [2.24, 2.45) is 0 Å². The van der Waals surface area contributed by atoms with E-state index in [2.05, 4.69) is 10.4 Å². The lowest BCUT2D eigenvalue weighted by molar-refractivity contribution is 1.35. The summed E-state index contributed by atoms with van der Waals surface area (Å²) in [5, 5.41) is 0.769. The molecule has 2 rings (SSSR count). The molecule has 0 atom stereocenters. The van der Waals surface area contributed by atoms with Crippen molar-refractivity contribution in [1.82, 2.24) is 4.37 Å². The van der Waals surface area contributed by atoms with Crippen molar-refractivity contribution in [2.75, 3.05) is 0 Å². The molecule has 3 heteroatoms. The Labute approximate surface area is 86.2 Å². The maximum absolute atomic E-state index is 5.79. The summed E-state index contributed by atoms with van der Waals surface area (Å²) in [4.78, 5) is 1.19. The summed E-state index contributed by atoms with van der Waals surface area (Å²) < 4.78 is 4.22. The molecule has 0 aliphatic carbocycles. The number of nitrogens with zero attached hydrogens (tertiary/aromatic N) is 1. The van der Waals surface area contributed by atoms with Gasteiger partial charge in [0.1, 0.15) is 0 Å². The van der Waals surface area contributed by atoms with Gasteiger partial charge in [0.05, 0.1) is 10.6 Å². The van der Waals surface area contributed by atoms with Gasteiger partial charge in [0.15, 0.2) is 0 Å². The SMILES string of the molecule is Cc1cc(-c2ccc(Cl)cc2)sn1. The molecule has 1 heterocycles. The quantitative estimate of drug-likeness (QED) is 0.697. The van der Waals surface area contributed by atoms with Gasteiger partial charge in [-0.1, -0.05) is 23.7 Å². The first-order valence-corrected chi connectivity index (χ1v) is 5.10. The molecule has 0 aliphatic heterocycles. The molecule has 0 aliphatic rings. The van der Waals surface area contributed by atoms with Gasteiger partial charge in [0.25, 0.3) is 0 Å². The molecule has 0 unspecified atom stereocenters. The molecule has 0 saturated carbocycles. The van der Waals surface area contributed by atoms with E-state index >= 15 is 0 Å². The number of halogens is 1. The van der Waals surface area contributed by atoms with Crippen molar-refractivity contribution in [3.8, 4) is 10.4 Å². The molecule has 0 amide bonds. The predicted molar refractivity (Wildman–Crippen MR) is 57.3 cm³/mol. The monoisotopic (exact) mass is 209 g/mol. The summed E-state index contributed by atoms with van der Waals surface area (Å²) in [6, 6.07) is 9.89. The Morgan fingerprint density at radius 2 is 1.92 bits per heavy atom. The zero-order valence-corrected chi connectivity index (χ0v) is 8.69. The molecule has 1 aromatic carbocycles. The number of aryl methyl sites for hydroxylation is 1. The highest BCUT2D eigenvalue weighted by atomic mass is 35.5. The van der Waals surface area contributed by atoms with Crippen molar-refractivity contribution in [1.29, 1.82) is 0 Å². The normalized spacial score (nSPS) is 10.3. The summed E-state index contributed by atoms with van der Waals surface area (Å²) in [5.74, 6) is 0. The van der Waals surface area contributed by atoms with Crippen molar-refractivity contribution >= 4 is 23.1 Å². The van der Waals surface area contributed by atoms with E-state index in [0.717, 1.165) is 10.7 Å². The zero-order chi connectivity index (χ0) is 9.26. The Morgan fingerprint density at radius 1 is 1.23 bits per heavy atom. The van der Waals surface area contributed by atoms with E-state index in [1.165, 1.54) is 22.0 Å². The lowest BCUT2D eigenvalue weighted by atomic mass is 10.2. The first-order chi connectivity index (χ1) is 6.25. The number of hydrogen-bond donors (Lipinski definition) is 0. The second-order valence-corrected chi connectivity index (χ2v) is 4.08. The van der Waals surface area contributed by atoms with E-state index < -0.39 is 0 Å². The Hall–Kier alpha value is -0.860. The molecular formula is C10H8ClNS.